The molecule has 0 aromatic heterocycles. The highest BCUT2D eigenvalue weighted by atomic mass is 16.6. The Morgan fingerprint density at radius 2 is 2.67 bits per heavy atom. The van der Waals surface area contributed by atoms with Crippen LogP contribution in [0.15, 0.2) is 0 Å². The second kappa shape index (κ2) is 2.81. The Bertz CT molecular complexity index is 126. The van der Waals surface area contributed by atoms with Crippen molar-refractivity contribution >= 4 is 0 Å². The number of hydrogen-bond acceptors (Lipinski definition) is 2. The van der Waals surface area contributed by atoms with E-state index in [0.717, 1.165) is 6.61 Å². The lowest BCUT2D eigenvalue weighted by atomic mass is 10.5. The van der Waals surface area contributed by atoms with E-state index in [1.54, 1.807) is 6.92 Å². The topological polar surface area (TPSA) is 26.1 Å². The third-order valence-electron chi connectivity index (χ3n) is 1.11. The highest BCUT2D eigenvalue weighted by molar-refractivity contribution is 4.70. The van der Waals surface area contributed by atoms with Crippen LogP contribution in [0.3, 0.4) is 0 Å². The predicted octanol–water partition coefficient (Wildman–Crippen LogP) is 0.667. The van der Waals surface area contributed by atoms with Gasteiger partial charge in [0.15, 0.2) is 0 Å². The summed E-state index contributed by atoms with van der Waals surface area (Å²) in [6, 6.07) is 0. The van der Waals surface area contributed by atoms with Crippen molar-refractivity contribution in [3.8, 4) is 0 Å². The van der Waals surface area contributed by atoms with Crippen LogP contribution in [0.2, 0.25) is 0 Å². The van der Waals surface area contributed by atoms with Gasteiger partial charge in [-0.1, -0.05) is 0 Å². The minimum absolute atomic E-state index is 0.272. The molecule has 9 heavy (non-hydrogen) atoms. The molecule has 0 saturated carbocycles. The first-order valence-electron chi connectivity index (χ1n) is 2.92. The zero-order chi connectivity index (χ0) is 6.69. The van der Waals surface area contributed by atoms with Crippen molar-refractivity contribution in [2.75, 3.05) is 13.2 Å². The quantitative estimate of drug-likeness (QED) is 0.411. The maximum Gasteiger partial charge on any atom is 0.325 e. The van der Waals surface area contributed by atoms with Gasteiger partial charge in [0.05, 0.1) is 13.2 Å². The lowest BCUT2D eigenvalue weighted by molar-refractivity contribution is 0.0817. The fourth-order valence-corrected chi connectivity index (χ4v) is 0.448. The summed E-state index contributed by atoms with van der Waals surface area (Å²) < 4.78 is 9.91. The van der Waals surface area contributed by atoms with Crippen molar-refractivity contribution in [3.05, 3.63) is 11.4 Å². The summed E-state index contributed by atoms with van der Waals surface area (Å²) in [5.41, 5.74) is 0. The average Bonchev–Trinajstić information content (AvgIpc) is 2.65. The first-order valence-corrected chi connectivity index (χ1v) is 2.92. The summed E-state index contributed by atoms with van der Waals surface area (Å²) in [5, 5.41) is 0. The van der Waals surface area contributed by atoms with E-state index in [1.807, 2.05) is 0 Å². The number of rotatable bonds is 3. The van der Waals surface area contributed by atoms with Gasteiger partial charge in [-0.3, -0.25) is 4.85 Å². The lowest BCUT2D eigenvalue weighted by Crippen LogP contribution is -2.07. The molecule has 0 radical (unpaired) electrons. The molecule has 1 rings (SSSR count). The van der Waals surface area contributed by atoms with Crippen molar-refractivity contribution in [1.82, 2.24) is 0 Å². The molecule has 0 bridgehead atoms. The van der Waals surface area contributed by atoms with Crippen LogP contribution in [-0.2, 0) is 9.47 Å². The molecule has 3 heteroatoms. The van der Waals surface area contributed by atoms with Crippen molar-refractivity contribution < 1.29 is 9.47 Å². The molecular weight excluding hydrogens is 118 g/mol. The first kappa shape index (κ1) is 6.53. The lowest BCUT2D eigenvalue weighted by Gasteiger charge is -1.96. The minimum atomic E-state index is -0.311. The van der Waals surface area contributed by atoms with Crippen molar-refractivity contribution in [2.24, 2.45) is 0 Å². The standard InChI is InChI=1S/C6H9NO2/c1-5(7-2)8-3-6-4-9-6/h5-6H,3-4H2,1H3. The second-order valence-corrected chi connectivity index (χ2v) is 2.02. The van der Waals surface area contributed by atoms with Crippen LogP contribution in [0, 0.1) is 6.57 Å². The summed E-state index contributed by atoms with van der Waals surface area (Å²) in [6.45, 7) is 9.63. The van der Waals surface area contributed by atoms with Gasteiger partial charge in [-0.25, -0.2) is 6.57 Å². The summed E-state index contributed by atoms with van der Waals surface area (Å²) in [5.74, 6) is 0. The van der Waals surface area contributed by atoms with Crippen LogP contribution >= 0.6 is 0 Å². The largest absolute Gasteiger partial charge is 0.371 e. The maximum absolute atomic E-state index is 6.53. The first-order chi connectivity index (χ1) is 4.33. The summed E-state index contributed by atoms with van der Waals surface area (Å²) in [7, 11) is 0. The van der Waals surface area contributed by atoms with E-state index in [2.05, 4.69) is 4.85 Å². The van der Waals surface area contributed by atoms with E-state index in [9.17, 15) is 0 Å². The van der Waals surface area contributed by atoms with Crippen LogP contribution in [0.5, 0.6) is 0 Å². The van der Waals surface area contributed by atoms with Crippen LogP contribution < -0.4 is 0 Å². The molecular formula is C6H9NO2. The van der Waals surface area contributed by atoms with Gasteiger partial charge in [-0.2, -0.15) is 0 Å². The number of ether oxygens (including phenoxy) is 2. The Morgan fingerprint density at radius 3 is 3.11 bits per heavy atom. The molecule has 2 atom stereocenters. The van der Waals surface area contributed by atoms with Crippen molar-refractivity contribution in [2.45, 2.75) is 19.3 Å². The van der Waals surface area contributed by atoms with Crippen molar-refractivity contribution in [1.29, 1.82) is 0 Å². The third kappa shape index (κ3) is 2.45. The van der Waals surface area contributed by atoms with Gasteiger partial charge in [-0.15, -0.1) is 0 Å². The Kier molecular flexibility index (Phi) is 2.04. The highest BCUT2D eigenvalue weighted by Gasteiger charge is 2.24. The molecule has 1 aliphatic rings. The molecule has 1 heterocycles. The van der Waals surface area contributed by atoms with E-state index < -0.39 is 0 Å². The van der Waals surface area contributed by atoms with E-state index in [1.165, 1.54) is 0 Å². The molecule has 0 aliphatic carbocycles. The van der Waals surface area contributed by atoms with E-state index in [0.29, 0.717) is 6.61 Å². The molecule has 3 nitrogen and oxygen atoms in total. The van der Waals surface area contributed by atoms with Gasteiger partial charge in [0.1, 0.15) is 6.10 Å². The molecule has 1 fully saturated rings. The Labute approximate surface area is 54.4 Å². The molecule has 0 amide bonds. The molecule has 0 spiro atoms. The maximum atomic E-state index is 6.53. The van der Waals surface area contributed by atoms with Gasteiger partial charge in [0.25, 0.3) is 0 Å². The summed E-state index contributed by atoms with van der Waals surface area (Å²) >= 11 is 0. The SMILES string of the molecule is [C-]#[N+]C(C)OCC1CO1. The highest BCUT2D eigenvalue weighted by Crippen LogP contribution is 2.09. The zero-order valence-electron chi connectivity index (χ0n) is 5.33. The fraction of sp³-hybridized carbons (Fsp3) is 0.833. The Morgan fingerprint density at radius 1 is 2.00 bits per heavy atom. The summed E-state index contributed by atoms with van der Waals surface area (Å²) in [6.07, 6.45) is -0.0385. The Hall–Kier alpha value is -0.590. The van der Waals surface area contributed by atoms with Crippen molar-refractivity contribution in [3.63, 3.8) is 0 Å². The number of hydrogen-bond donors (Lipinski definition) is 0. The van der Waals surface area contributed by atoms with Crippen LogP contribution in [0.25, 0.3) is 4.85 Å². The molecule has 50 valence electrons. The predicted molar refractivity (Wildman–Crippen MR) is 31.8 cm³/mol. The van der Waals surface area contributed by atoms with Crippen LogP contribution in [0.4, 0.5) is 0 Å². The molecule has 1 saturated heterocycles. The van der Waals surface area contributed by atoms with Gasteiger partial charge < -0.3 is 9.47 Å². The van der Waals surface area contributed by atoms with Gasteiger partial charge in [0.2, 0.25) is 0 Å². The molecule has 0 aromatic rings. The summed E-state index contributed by atoms with van der Waals surface area (Å²) in [4.78, 5) is 3.16. The number of nitrogens with zero attached hydrogens (tertiary/aromatic N) is 1. The zero-order valence-corrected chi connectivity index (χ0v) is 5.33. The fourth-order valence-electron chi connectivity index (χ4n) is 0.448. The monoisotopic (exact) mass is 127 g/mol. The second-order valence-electron chi connectivity index (χ2n) is 2.02. The van der Waals surface area contributed by atoms with Gasteiger partial charge in [-0.05, 0) is 0 Å². The minimum Gasteiger partial charge on any atom is -0.371 e. The van der Waals surface area contributed by atoms with E-state index in [4.69, 9.17) is 16.0 Å². The van der Waals surface area contributed by atoms with E-state index >= 15 is 0 Å². The Balaban J connectivity index is 1.97. The average molecular weight is 127 g/mol. The smallest absolute Gasteiger partial charge is 0.325 e. The van der Waals surface area contributed by atoms with Crippen LogP contribution in [0.1, 0.15) is 6.92 Å². The van der Waals surface area contributed by atoms with Crippen LogP contribution in [-0.4, -0.2) is 25.5 Å². The van der Waals surface area contributed by atoms with Gasteiger partial charge >= 0.3 is 6.23 Å². The molecule has 0 N–H and O–H groups in total. The van der Waals surface area contributed by atoms with Gasteiger partial charge in [0, 0.05) is 6.92 Å². The normalized spacial score (nSPS) is 26.9. The van der Waals surface area contributed by atoms with E-state index in [-0.39, 0.29) is 12.3 Å². The molecule has 0 aromatic carbocycles. The molecule has 2 unspecified atom stereocenters. The third-order valence-corrected chi connectivity index (χ3v) is 1.11. The molecule has 1 aliphatic heterocycles. The number of epoxide rings is 1.